The van der Waals surface area contributed by atoms with Gasteiger partial charge in [-0.3, -0.25) is 4.79 Å². The quantitative estimate of drug-likeness (QED) is 0.480. The summed E-state index contributed by atoms with van der Waals surface area (Å²) in [5.74, 6) is 1.80. The highest BCUT2D eigenvalue weighted by Crippen LogP contribution is 2.64. The van der Waals surface area contributed by atoms with E-state index in [-0.39, 0.29) is 11.4 Å². The molecule has 5 heteroatoms. The fourth-order valence-corrected chi connectivity index (χ4v) is 7.40. The van der Waals surface area contributed by atoms with Crippen molar-refractivity contribution < 1.29 is 24.0 Å². The average molecular weight is 362 g/mol. The second kappa shape index (κ2) is 5.45. The van der Waals surface area contributed by atoms with Gasteiger partial charge < -0.3 is 9.47 Å². The number of hydrogen-bond donors (Lipinski definition) is 0. The maximum Gasteiger partial charge on any atom is 0.305 e. The van der Waals surface area contributed by atoms with Gasteiger partial charge in [-0.15, -0.1) is 0 Å². The van der Waals surface area contributed by atoms with E-state index in [9.17, 15) is 4.79 Å². The van der Waals surface area contributed by atoms with Crippen molar-refractivity contribution in [1.82, 2.24) is 0 Å². The van der Waals surface area contributed by atoms with Gasteiger partial charge >= 0.3 is 5.97 Å². The number of ether oxygens (including phenoxy) is 2. The predicted octanol–water partition coefficient (Wildman–Crippen LogP) is 4.10. The molecule has 5 nitrogen and oxygen atoms in total. The first-order valence-electron chi connectivity index (χ1n) is 10.8. The second-order valence-corrected chi connectivity index (χ2v) is 10.2. The molecule has 0 atom stereocenters. The lowest BCUT2D eigenvalue weighted by atomic mass is 9.53. The molecule has 3 spiro atoms. The van der Waals surface area contributed by atoms with Crippen LogP contribution in [0.15, 0.2) is 0 Å². The normalized spacial score (nSPS) is 55.6. The zero-order chi connectivity index (χ0) is 17.4. The monoisotopic (exact) mass is 362 g/mol. The van der Waals surface area contributed by atoms with Crippen molar-refractivity contribution in [3.63, 3.8) is 0 Å². The van der Waals surface area contributed by atoms with Gasteiger partial charge in [0.2, 0.25) is 11.6 Å². The Balaban J connectivity index is 1.18. The van der Waals surface area contributed by atoms with Crippen LogP contribution in [0.25, 0.3) is 0 Å². The van der Waals surface area contributed by atoms with Crippen LogP contribution < -0.4 is 0 Å². The van der Waals surface area contributed by atoms with E-state index in [1.54, 1.807) is 0 Å². The smallest absolute Gasteiger partial charge is 0.305 e. The topological polar surface area (TPSA) is 54.0 Å². The van der Waals surface area contributed by atoms with Gasteiger partial charge in [-0.25, -0.2) is 0 Å². The van der Waals surface area contributed by atoms with E-state index in [0.717, 1.165) is 50.4 Å². The van der Waals surface area contributed by atoms with Gasteiger partial charge in [0, 0.05) is 31.1 Å². The molecule has 2 saturated heterocycles. The van der Waals surface area contributed by atoms with E-state index in [1.165, 1.54) is 32.1 Å². The highest BCUT2D eigenvalue weighted by atomic mass is 17.3. The zero-order valence-electron chi connectivity index (χ0n) is 15.5. The van der Waals surface area contributed by atoms with Gasteiger partial charge in [0.05, 0.1) is 6.61 Å². The Bertz CT molecular complexity index is 578. The van der Waals surface area contributed by atoms with Gasteiger partial charge in [-0.1, -0.05) is 0 Å². The van der Waals surface area contributed by atoms with Crippen LogP contribution in [-0.4, -0.2) is 24.2 Å². The molecule has 0 radical (unpaired) electrons. The summed E-state index contributed by atoms with van der Waals surface area (Å²) in [5, 5.41) is 0. The standard InChI is InChI=1S/C21H30O5/c22-18-1-2-19(7-8-23-18)3-5-20(6-4-19)24-21(26-25-20)16-10-14-9-15(12-16)13-17(21)11-14/h14-17H,1-13H2. The number of carbonyl (C=O) groups excluding carboxylic acids is 1. The summed E-state index contributed by atoms with van der Waals surface area (Å²) in [6, 6.07) is 0. The molecule has 7 fully saturated rings. The third-order valence-corrected chi connectivity index (χ3v) is 8.77. The lowest BCUT2D eigenvalue weighted by Crippen LogP contribution is -2.59. The summed E-state index contributed by atoms with van der Waals surface area (Å²) in [6.07, 6.45) is 12.8. The zero-order valence-corrected chi connectivity index (χ0v) is 15.5. The van der Waals surface area contributed by atoms with Crippen molar-refractivity contribution in [2.75, 3.05) is 6.61 Å². The molecule has 2 aliphatic heterocycles. The van der Waals surface area contributed by atoms with Gasteiger partial charge in [-0.05, 0) is 75.0 Å². The summed E-state index contributed by atoms with van der Waals surface area (Å²) < 4.78 is 12.1. The van der Waals surface area contributed by atoms with E-state index < -0.39 is 11.6 Å². The molecule has 5 saturated carbocycles. The van der Waals surface area contributed by atoms with Crippen LogP contribution in [0.4, 0.5) is 0 Å². The van der Waals surface area contributed by atoms with Crippen molar-refractivity contribution in [2.45, 2.75) is 88.6 Å². The third-order valence-electron chi connectivity index (χ3n) is 8.77. The van der Waals surface area contributed by atoms with Crippen LogP contribution in [0.3, 0.4) is 0 Å². The van der Waals surface area contributed by atoms with E-state index in [1.807, 2.05) is 0 Å². The fourth-order valence-electron chi connectivity index (χ4n) is 7.40. The van der Waals surface area contributed by atoms with Gasteiger partial charge in [0.25, 0.3) is 0 Å². The van der Waals surface area contributed by atoms with Crippen molar-refractivity contribution >= 4 is 5.97 Å². The van der Waals surface area contributed by atoms with Crippen molar-refractivity contribution in [2.24, 2.45) is 29.1 Å². The Labute approximate surface area is 155 Å². The molecule has 0 aromatic carbocycles. The van der Waals surface area contributed by atoms with E-state index >= 15 is 0 Å². The number of hydrogen-bond acceptors (Lipinski definition) is 5. The summed E-state index contributed by atoms with van der Waals surface area (Å²) in [6.45, 7) is 0.570. The number of cyclic esters (lactones) is 1. The highest BCUT2D eigenvalue weighted by molar-refractivity contribution is 5.69. The molecule has 2 heterocycles. The molecule has 0 aromatic rings. The van der Waals surface area contributed by atoms with Gasteiger partial charge in [0.15, 0.2) is 0 Å². The van der Waals surface area contributed by atoms with Crippen LogP contribution in [0, 0.1) is 29.1 Å². The maximum absolute atomic E-state index is 11.6. The first-order valence-corrected chi connectivity index (χ1v) is 10.8. The largest absolute Gasteiger partial charge is 0.466 e. The molecular formula is C21H30O5. The third kappa shape index (κ3) is 2.29. The predicted molar refractivity (Wildman–Crippen MR) is 91.5 cm³/mol. The minimum atomic E-state index is -0.544. The summed E-state index contributed by atoms with van der Waals surface area (Å²) in [4.78, 5) is 23.8. The summed E-state index contributed by atoms with van der Waals surface area (Å²) in [7, 11) is 0. The van der Waals surface area contributed by atoms with Crippen LogP contribution in [0.1, 0.15) is 77.0 Å². The van der Waals surface area contributed by atoms with Crippen molar-refractivity contribution in [3.8, 4) is 0 Å². The lowest BCUT2D eigenvalue weighted by Gasteiger charge is -2.57. The van der Waals surface area contributed by atoms with Crippen LogP contribution in [0.2, 0.25) is 0 Å². The van der Waals surface area contributed by atoms with Crippen LogP contribution >= 0.6 is 0 Å². The van der Waals surface area contributed by atoms with Gasteiger partial charge in [-0.2, -0.15) is 9.78 Å². The number of carbonyl (C=O) groups is 1. The Morgan fingerprint density at radius 1 is 0.769 bits per heavy atom. The summed E-state index contributed by atoms with van der Waals surface area (Å²) >= 11 is 0. The van der Waals surface area contributed by atoms with Crippen LogP contribution in [0.5, 0.6) is 0 Å². The Morgan fingerprint density at radius 3 is 2.15 bits per heavy atom. The molecule has 26 heavy (non-hydrogen) atoms. The number of rotatable bonds is 0. The average Bonchev–Trinajstić information content (AvgIpc) is 2.91. The number of esters is 1. The molecule has 5 aliphatic carbocycles. The Hall–Kier alpha value is -0.650. The molecule has 7 aliphatic rings. The lowest BCUT2D eigenvalue weighted by molar-refractivity contribution is -0.390. The molecule has 0 unspecified atom stereocenters. The molecule has 0 amide bonds. The van der Waals surface area contributed by atoms with Gasteiger partial charge in [0.1, 0.15) is 0 Å². The fraction of sp³-hybridized carbons (Fsp3) is 0.952. The first kappa shape index (κ1) is 16.3. The minimum absolute atomic E-state index is 0.0357. The maximum atomic E-state index is 11.6. The Morgan fingerprint density at radius 2 is 1.46 bits per heavy atom. The van der Waals surface area contributed by atoms with E-state index in [0.29, 0.717) is 24.9 Å². The molecule has 7 rings (SSSR count). The SMILES string of the molecule is O=C1CCC2(CCO1)CCC1(CC2)OOC2(O1)C1CC3CC(C1)CC2C3. The van der Waals surface area contributed by atoms with Crippen LogP contribution in [-0.2, 0) is 24.0 Å². The highest BCUT2D eigenvalue weighted by Gasteiger charge is 2.67. The molecule has 144 valence electrons. The van der Waals surface area contributed by atoms with Crippen molar-refractivity contribution in [3.05, 3.63) is 0 Å². The summed E-state index contributed by atoms with van der Waals surface area (Å²) in [5.41, 5.74) is 0.226. The molecule has 0 N–H and O–H groups in total. The van der Waals surface area contributed by atoms with E-state index in [4.69, 9.17) is 19.2 Å². The minimum Gasteiger partial charge on any atom is -0.466 e. The molecule has 4 bridgehead atoms. The Kier molecular flexibility index (Phi) is 3.42. The van der Waals surface area contributed by atoms with Crippen molar-refractivity contribution in [1.29, 1.82) is 0 Å². The molecular weight excluding hydrogens is 332 g/mol. The van der Waals surface area contributed by atoms with E-state index in [2.05, 4.69) is 0 Å². The molecule has 0 aromatic heterocycles. The first-order chi connectivity index (χ1) is 12.6. The second-order valence-electron chi connectivity index (χ2n) is 10.2.